The molecule has 1 N–H and O–H groups in total. The fourth-order valence-electron chi connectivity index (χ4n) is 3.20. The van der Waals surface area contributed by atoms with E-state index in [0.717, 1.165) is 5.56 Å². The number of fused-ring (bicyclic) bond motifs is 3. The zero-order valence-corrected chi connectivity index (χ0v) is 14.2. The molecule has 0 saturated carbocycles. The van der Waals surface area contributed by atoms with E-state index >= 15 is 0 Å². The lowest BCUT2D eigenvalue weighted by molar-refractivity contribution is 0.0986. The number of carbonyl (C=O) groups excluding carboxylic acids is 2. The SMILES string of the molecule is O=C1C(Cl)=C(Cl)C(=O)c2c1c(O)c(-c1ccccc1)c1ccccc21. The van der Waals surface area contributed by atoms with Crippen LogP contribution in [0.4, 0.5) is 0 Å². The van der Waals surface area contributed by atoms with Gasteiger partial charge in [0.15, 0.2) is 0 Å². The van der Waals surface area contributed by atoms with Crippen molar-refractivity contribution in [3.8, 4) is 16.9 Å². The summed E-state index contributed by atoms with van der Waals surface area (Å²) < 4.78 is 0. The van der Waals surface area contributed by atoms with Crippen molar-refractivity contribution in [3.05, 3.63) is 75.8 Å². The van der Waals surface area contributed by atoms with Gasteiger partial charge in [0.25, 0.3) is 0 Å². The Balaban J connectivity index is 2.22. The third-order valence-electron chi connectivity index (χ3n) is 4.30. The summed E-state index contributed by atoms with van der Waals surface area (Å²) in [7, 11) is 0. The van der Waals surface area contributed by atoms with E-state index in [0.29, 0.717) is 16.3 Å². The second-order valence-corrected chi connectivity index (χ2v) is 6.43. The Morgan fingerprint density at radius 3 is 1.72 bits per heavy atom. The molecular formula is C20H10Cl2O3. The van der Waals surface area contributed by atoms with Crippen molar-refractivity contribution in [1.29, 1.82) is 0 Å². The largest absolute Gasteiger partial charge is 0.506 e. The van der Waals surface area contributed by atoms with Crippen LogP contribution in [-0.4, -0.2) is 16.7 Å². The monoisotopic (exact) mass is 368 g/mol. The highest BCUT2D eigenvalue weighted by Gasteiger charge is 2.36. The molecule has 0 aromatic heterocycles. The standard InChI is InChI=1S/C20H10Cl2O3/c21-16-17(22)20(25)15-14(19(16)24)12-9-5-4-8-11(12)13(18(15)23)10-6-2-1-3-7-10/h1-9,23H. The summed E-state index contributed by atoms with van der Waals surface area (Å²) in [5, 5.41) is 11.4. The van der Waals surface area contributed by atoms with Crippen LogP contribution in [0.15, 0.2) is 64.7 Å². The Bertz CT molecular complexity index is 1100. The van der Waals surface area contributed by atoms with Crippen LogP contribution in [-0.2, 0) is 0 Å². The van der Waals surface area contributed by atoms with Gasteiger partial charge in [-0.25, -0.2) is 0 Å². The van der Waals surface area contributed by atoms with Crippen molar-refractivity contribution in [2.24, 2.45) is 0 Å². The van der Waals surface area contributed by atoms with E-state index in [2.05, 4.69) is 0 Å². The van der Waals surface area contributed by atoms with Gasteiger partial charge in [-0.05, 0) is 16.3 Å². The normalized spacial score (nSPS) is 14.2. The lowest BCUT2D eigenvalue weighted by atomic mass is 9.84. The number of hydrogen-bond donors (Lipinski definition) is 1. The predicted molar refractivity (Wildman–Crippen MR) is 98.4 cm³/mol. The summed E-state index contributed by atoms with van der Waals surface area (Å²) in [5.41, 5.74) is 1.21. The molecule has 3 aromatic carbocycles. The molecule has 0 atom stereocenters. The minimum atomic E-state index is -0.651. The van der Waals surface area contributed by atoms with Crippen molar-refractivity contribution < 1.29 is 14.7 Å². The number of ketones is 2. The zero-order chi connectivity index (χ0) is 17.7. The average Bonchev–Trinajstić information content (AvgIpc) is 2.64. The van der Waals surface area contributed by atoms with Crippen LogP contribution < -0.4 is 0 Å². The molecule has 0 radical (unpaired) electrons. The van der Waals surface area contributed by atoms with E-state index in [-0.39, 0.29) is 26.9 Å². The van der Waals surface area contributed by atoms with Gasteiger partial charge in [-0.15, -0.1) is 0 Å². The number of hydrogen-bond acceptors (Lipinski definition) is 3. The molecule has 3 aromatic rings. The van der Waals surface area contributed by atoms with Gasteiger partial charge < -0.3 is 5.11 Å². The maximum absolute atomic E-state index is 12.6. The molecule has 0 unspecified atom stereocenters. The summed E-state index contributed by atoms with van der Waals surface area (Å²) >= 11 is 11.9. The van der Waals surface area contributed by atoms with Gasteiger partial charge in [-0.1, -0.05) is 77.8 Å². The summed E-state index contributed by atoms with van der Waals surface area (Å²) in [5.74, 6) is -1.48. The zero-order valence-electron chi connectivity index (χ0n) is 12.7. The molecule has 0 aliphatic heterocycles. The first kappa shape index (κ1) is 15.9. The Labute approximate surface area is 153 Å². The Morgan fingerprint density at radius 1 is 0.640 bits per heavy atom. The van der Waals surface area contributed by atoms with Crippen molar-refractivity contribution in [2.45, 2.75) is 0 Å². The highest BCUT2D eigenvalue weighted by molar-refractivity contribution is 6.60. The third-order valence-corrected chi connectivity index (χ3v) is 5.12. The molecule has 0 spiro atoms. The van der Waals surface area contributed by atoms with Gasteiger partial charge in [0.2, 0.25) is 11.6 Å². The summed E-state index contributed by atoms with van der Waals surface area (Å²) in [6.45, 7) is 0. The third kappa shape index (κ3) is 2.20. The van der Waals surface area contributed by atoms with Gasteiger partial charge in [0.1, 0.15) is 15.8 Å². The van der Waals surface area contributed by atoms with Crippen molar-refractivity contribution in [1.82, 2.24) is 0 Å². The molecule has 5 heteroatoms. The van der Waals surface area contributed by atoms with E-state index in [9.17, 15) is 14.7 Å². The predicted octanol–water partition coefficient (Wildman–Crippen LogP) is 5.28. The minimum Gasteiger partial charge on any atom is -0.506 e. The molecule has 0 amide bonds. The number of carbonyl (C=O) groups is 2. The molecule has 4 rings (SSSR count). The van der Waals surface area contributed by atoms with Crippen LogP contribution in [0, 0.1) is 0 Å². The maximum atomic E-state index is 12.6. The second-order valence-electron chi connectivity index (χ2n) is 5.67. The van der Waals surface area contributed by atoms with Crippen molar-refractivity contribution in [2.75, 3.05) is 0 Å². The lowest BCUT2D eigenvalue weighted by Gasteiger charge is -2.21. The van der Waals surface area contributed by atoms with Gasteiger partial charge in [-0.2, -0.15) is 0 Å². The number of phenols is 1. The van der Waals surface area contributed by atoms with Crippen molar-refractivity contribution in [3.63, 3.8) is 0 Å². The summed E-state index contributed by atoms with van der Waals surface area (Å²) in [6, 6.07) is 16.3. The molecule has 1 aliphatic carbocycles. The number of phenolic OH excluding ortho intramolecular Hbond substituents is 1. The topological polar surface area (TPSA) is 54.4 Å². The Hall–Kier alpha value is -2.62. The number of rotatable bonds is 1. The molecule has 0 saturated heterocycles. The Morgan fingerprint density at radius 2 is 1.12 bits per heavy atom. The molecule has 122 valence electrons. The lowest BCUT2D eigenvalue weighted by Crippen LogP contribution is -2.19. The molecule has 25 heavy (non-hydrogen) atoms. The molecule has 0 heterocycles. The van der Waals surface area contributed by atoms with E-state index in [1.54, 1.807) is 24.3 Å². The number of benzene rings is 3. The van der Waals surface area contributed by atoms with Crippen LogP contribution in [0.1, 0.15) is 20.7 Å². The minimum absolute atomic E-state index is 0.0900. The van der Waals surface area contributed by atoms with Gasteiger partial charge >= 0.3 is 0 Å². The fourth-order valence-corrected chi connectivity index (χ4v) is 3.56. The van der Waals surface area contributed by atoms with Gasteiger partial charge in [0.05, 0.1) is 5.56 Å². The van der Waals surface area contributed by atoms with Crippen LogP contribution in [0.25, 0.3) is 21.9 Å². The molecular weight excluding hydrogens is 359 g/mol. The van der Waals surface area contributed by atoms with Gasteiger partial charge in [0, 0.05) is 11.1 Å². The number of allylic oxidation sites excluding steroid dienone is 2. The van der Waals surface area contributed by atoms with Crippen LogP contribution >= 0.6 is 23.2 Å². The van der Waals surface area contributed by atoms with E-state index in [1.807, 2.05) is 30.3 Å². The van der Waals surface area contributed by atoms with Gasteiger partial charge in [-0.3, -0.25) is 9.59 Å². The van der Waals surface area contributed by atoms with Crippen LogP contribution in [0.2, 0.25) is 0 Å². The molecule has 3 nitrogen and oxygen atoms in total. The first-order chi connectivity index (χ1) is 12.0. The van der Waals surface area contributed by atoms with Crippen molar-refractivity contribution >= 4 is 45.5 Å². The highest BCUT2D eigenvalue weighted by atomic mass is 35.5. The fraction of sp³-hybridized carbons (Fsp3) is 0. The average molecular weight is 369 g/mol. The van der Waals surface area contributed by atoms with E-state index < -0.39 is 11.6 Å². The smallest absolute Gasteiger partial charge is 0.210 e. The maximum Gasteiger partial charge on any atom is 0.210 e. The first-order valence-electron chi connectivity index (χ1n) is 7.50. The first-order valence-corrected chi connectivity index (χ1v) is 8.25. The molecule has 0 bridgehead atoms. The highest BCUT2D eigenvalue weighted by Crippen LogP contribution is 2.46. The quantitative estimate of drug-likeness (QED) is 0.635. The van der Waals surface area contributed by atoms with Crippen LogP contribution in [0.3, 0.4) is 0 Å². The molecule has 0 fully saturated rings. The second kappa shape index (κ2) is 5.73. The van der Waals surface area contributed by atoms with E-state index in [1.165, 1.54) is 0 Å². The number of Topliss-reactive ketones (excluding diaryl/α,β-unsaturated/α-hetero) is 2. The number of halogens is 2. The number of aromatic hydroxyl groups is 1. The summed E-state index contributed by atoms with van der Waals surface area (Å²) in [4.78, 5) is 25.3. The summed E-state index contributed by atoms with van der Waals surface area (Å²) in [6.07, 6.45) is 0. The van der Waals surface area contributed by atoms with E-state index in [4.69, 9.17) is 23.2 Å². The van der Waals surface area contributed by atoms with Crippen LogP contribution in [0.5, 0.6) is 5.75 Å². The molecule has 1 aliphatic rings. The Kier molecular flexibility index (Phi) is 3.64.